The summed E-state index contributed by atoms with van der Waals surface area (Å²) in [4.78, 5) is 2.50. The molecule has 2 aromatic rings. The van der Waals surface area contributed by atoms with Crippen molar-refractivity contribution < 1.29 is 4.74 Å². The molecular weight excluding hydrogens is 322 g/mol. The second kappa shape index (κ2) is 6.13. The van der Waals surface area contributed by atoms with Crippen LogP contribution in [0.5, 0.6) is 5.75 Å². The Morgan fingerprint density at radius 2 is 1.77 bits per heavy atom. The molecule has 134 valence electrons. The third-order valence-corrected chi connectivity index (χ3v) is 6.10. The van der Waals surface area contributed by atoms with E-state index in [4.69, 9.17) is 9.84 Å². The van der Waals surface area contributed by atoms with Crippen LogP contribution in [0.2, 0.25) is 0 Å². The van der Waals surface area contributed by atoms with E-state index in [-0.39, 0.29) is 11.8 Å². The van der Waals surface area contributed by atoms with Gasteiger partial charge in [-0.3, -0.25) is 0 Å². The number of ether oxygens (including phenoxy) is 1. The van der Waals surface area contributed by atoms with E-state index in [9.17, 15) is 0 Å². The van der Waals surface area contributed by atoms with E-state index >= 15 is 0 Å². The van der Waals surface area contributed by atoms with Gasteiger partial charge in [0.2, 0.25) is 5.72 Å². The second-order valence-electron chi connectivity index (χ2n) is 7.50. The molecule has 4 nitrogen and oxygen atoms in total. The first kappa shape index (κ1) is 15.9. The van der Waals surface area contributed by atoms with Gasteiger partial charge in [0.15, 0.2) is 0 Å². The quantitative estimate of drug-likeness (QED) is 0.821. The maximum absolute atomic E-state index is 6.64. The molecular formula is C22H25N3O. The van der Waals surface area contributed by atoms with Gasteiger partial charge in [0.25, 0.3) is 0 Å². The van der Waals surface area contributed by atoms with Crippen LogP contribution in [0.3, 0.4) is 0 Å². The molecule has 2 aromatic carbocycles. The first-order valence-corrected chi connectivity index (χ1v) is 9.72. The molecule has 0 aliphatic carbocycles. The molecule has 1 atom stereocenters. The molecule has 1 fully saturated rings. The number of hydrazone groups is 1. The minimum atomic E-state index is -0.304. The number of benzene rings is 2. The Kier molecular flexibility index (Phi) is 3.75. The number of fused-ring (bicyclic) bond motifs is 4. The van der Waals surface area contributed by atoms with Gasteiger partial charge in [-0.2, -0.15) is 5.10 Å². The van der Waals surface area contributed by atoms with Gasteiger partial charge in [-0.05, 0) is 18.2 Å². The number of hydrogen-bond donors (Lipinski definition) is 0. The standard InChI is InChI=1S/C22H25N3O/c1-2-24-14-12-22(13-15-24)25-20(18-10-6-7-11-21(18)26-22)16-19(23-25)17-8-4-3-5-9-17/h3-11,20H,2,12-16H2,1H3/t20-/m1/s1. The summed E-state index contributed by atoms with van der Waals surface area (Å²) >= 11 is 0. The lowest BCUT2D eigenvalue weighted by Gasteiger charge is -2.51. The SMILES string of the molecule is CCN1CCC2(CC1)Oc1ccccc1[C@H]1CC(c3ccccc3)=NN12. The highest BCUT2D eigenvalue weighted by molar-refractivity contribution is 6.01. The topological polar surface area (TPSA) is 28.1 Å². The molecule has 0 aromatic heterocycles. The highest BCUT2D eigenvalue weighted by Crippen LogP contribution is 2.49. The number of likely N-dealkylation sites (tertiary alicyclic amines) is 1. The maximum atomic E-state index is 6.64. The Labute approximate surface area is 155 Å². The zero-order valence-corrected chi connectivity index (χ0v) is 15.3. The van der Waals surface area contributed by atoms with Crippen molar-refractivity contribution >= 4 is 5.71 Å². The van der Waals surface area contributed by atoms with Crippen molar-refractivity contribution in [2.45, 2.75) is 38.0 Å². The molecule has 1 saturated heterocycles. The predicted octanol–water partition coefficient (Wildman–Crippen LogP) is 4.04. The zero-order chi connectivity index (χ0) is 17.6. The van der Waals surface area contributed by atoms with Gasteiger partial charge in [0, 0.05) is 37.9 Å². The summed E-state index contributed by atoms with van der Waals surface area (Å²) in [6.07, 6.45) is 2.94. The van der Waals surface area contributed by atoms with E-state index in [0.717, 1.165) is 44.6 Å². The fourth-order valence-corrected chi connectivity index (χ4v) is 4.58. The molecule has 4 heteroatoms. The van der Waals surface area contributed by atoms with Crippen LogP contribution >= 0.6 is 0 Å². The van der Waals surface area contributed by atoms with Crippen LogP contribution in [-0.2, 0) is 0 Å². The van der Waals surface area contributed by atoms with E-state index < -0.39 is 0 Å². The van der Waals surface area contributed by atoms with Gasteiger partial charge in [-0.25, -0.2) is 5.01 Å². The summed E-state index contributed by atoms with van der Waals surface area (Å²) in [7, 11) is 0. The molecule has 3 aliphatic heterocycles. The van der Waals surface area contributed by atoms with Crippen LogP contribution in [-0.4, -0.2) is 41.0 Å². The Bertz CT molecular complexity index is 824. The fraction of sp³-hybridized carbons (Fsp3) is 0.409. The molecule has 5 rings (SSSR count). The van der Waals surface area contributed by atoms with E-state index in [0.29, 0.717) is 0 Å². The Balaban J connectivity index is 1.55. The molecule has 0 saturated carbocycles. The van der Waals surface area contributed by atoms with Crippen molar-refractivity contribution in [1.29, 1.82) is 0 Å². The first-order valence-electron chi connectivity index (χ1n) is 9.72. The van der Waals surface area contributed by atoms with E-state index in [2.05, 4.69) is 71.4 Å². The molecule has 3 aliphatic rings. The van der Waals surface area contributed by atoms with Crippen molar-refractivity contribution in [3.63, 3.8) is 0 Å². The van der Waals surface area contributed by atoms with E-state index in [1.165, 1.54) is 16.8 Å². The fourth-order valence-electron chi connectivity index (χ4n) is 4.58. The van der Waals surface area contributed by atoms with Gasteiger partial charge >= 0.3 is 0 Å². The van der Waals surface area contributed by atoms with Crippen LogP contribution in [0.25, 0.3) is 0 Å². The Hall–Kier alpha value is -2.33. The van der Waals surface area contributed by atoms with Crippen LogP contribution in [0, 0.1) is 0 Å². The summed E-state index contributed by atoms with van der Waals surface area (Å²) in [5.74, 6) is 1.04. The van der Waals surface area contributed by atoms with Crippen LogP contribution in [0.4, 0.5) is 0 Å². The highest BCUT2D eigenvalue weighted by atomic mass is 16.5. The third-order valence-electron chi connectivity index (χ3n) is 6.10. The Morgan fingerprint density at radius 1 is 1.04 bits per heavy atom. The van der Waals surface area contributed by atoms with Gasteiger partial charge in [0.05, 0.1) is 11.8 Å². The summed E-state index contributed by atoms with van der Waals surface area (Å²) in [5.41, 5.74) is 3.36. The number of nitrogens with zero attached hydrogens (tertiary/aromatic N) is 3. The summed E-state index contributed by atoms with van der Waals surface area (Å²) < 4.78 is 6.64. The molecule has 0 N–H and O–H groups in total. The lowest BCUT2D eigenvalue weighted by atomic mass is 9.91. The molecule has 1 spiro atoms. The number of rotatable bonds is 2. The number of para-hydroxylation sites is 1. The summed E-state index contributed by atoms with van der Waals surface area (Å²) in [5, 5.41) is 7.41. The van der Waals surface area contributed by atoms with Crippen molar-refractivity contribution in [2.75, 3.05) is 19.6 Å². The highest BCUT2D eigenvalue weighted by Gasteiger charge is 2.51. The van der Waals surface area contributed by atoms with E-state index in [1.54, 1.807) is 0 Å². The van der Waals surface area contributed by atoms with Gasteiger partial charge < -0.3 is 9.64 Å². The van der Waals surface area contributed by atoms with Crippen molar-refractivity contribution in [3.8, 4) is 5.75 Å². The average Bonchev–Trinajstić information content (AvgIpc) is 3.16. The predicted molar refractivity (Wildman–Crippen MR) is 103 cm³/mol. The zero-order valence-electron chi connectivity index (χ0n) is 15.3. The first-order chi connectivity index (χ1) is 12.8. The summed E-state index contributed by atoms with van der Waals surface area (Å²) in [6, 6.07) is 19.4. The monoisotopic (exact) mass is 347 g/mol. The molecule has 0 amide bonds. The van der Waals surface area contributed by atoms with Crippen LogP contribution < -0.4 is 4.74 Å². The van der Waals surface area contributed by atoms with Gasteiger partial charge in [0.1, 0.15) is 5.75 Å². The Morgan fingerprint density at radius 3 is 2.54 bits per heavy atom. The molecule has 0 bridgehead atoms. The van der Waals surface area contributed by atoms with Crippen LogP contribution in [0.1, 0.15) is 43.4 Å². The van der Waals surface area contributed by atoms with Crippen LogP contribution in [0.15, 0.2) is 59.7 Å². The molecule has 3 heterocycles. The largest absolute Gasteiger partial charge is 0.466 e. The molecule has 0 radical (unpaired) electrons. The number of hydrogen-bond acceptors (Lipinski definition) is 4. The van der Waals surface area contributed by atoms with Gasteiger partial charge in [-0.15, -0.1) is 0 Å². The average molecular weight is 347 g/mol. The van der Waals surface area contributed by atoms with Crippen molar-refractivity contribution in [2.24, 2.45) is 5.10 Å². The lowest BCUT2D eigenvalue weighted by molar-refractivity contribution is -0.149. The molecule has 0 unspecified atom stereocenters. The number of piperidine rings is 1. The van der Waals surface area contributed by atoms with E-state index in [1.807, 2.05) is 0 Å². The second-order valence-corrected chi connectivity index (χ2v) is 7.50. The minimum absolute atomic E-state index is 0.281. The smallest absolute Gasteiger partial charge is 0.200 e. The van der Waals surface area contributed by atoms with Crippen molar-refractivity contribution in [1.82, 2.24) is 9.91 Å². The van der Waals surface area contributed by atoms with Gasteiger partial charge in [-0.1, -0.05) is 55.5 Å². The normalized spacial score (nSPS) is 24.0. The molecule has 26 heavy (non-hydrogen) atoms. The third kappa shape index (κ3) is 2.43. The summed E-state index contributed by atoms with van der Waals surface area (Å²) in [6.45, 7) is 5.48. The van der Waals surface area contributed by atoms with Crippen molar-refractivity contribution in [3.05, 3.63) is 65.7 Å². The lowest BCUT2D eigenvalue weighted by Crippen LogP contribution is -2.59. The minimum Gasteiger partial charge on any atom is -0.466 e. The maximum Gasteiger partial charge on any atom is 0.200 e.